The zero-order valence-corrected chi connectivity index (χ0v) is 10.6. The monoisotopic (exact) mass is 285 g/mol. The van der Waals surface area contributed by atoms with Gasteiger partial charge >= 0.3 is 0 Å². The first kappa shape index (κ1) is 10.9. The fraction of sp³-hybridized carbons (Fsp3) is 0.273. The first-order valence-electron chi connectivity index (χ1n) is 4.80. The van der Waals surface area contributed by atoms with Crippen LogP contribution >= 0.6 is 27.3 Å². The van der Waals surface area contributed by atoms with E-state index >= 15 is 0 Å². The maximum atomic E-state index is 5.40. The average molecular weight is 286 g/mol. The molecule has 2 rings (SSSR count). The van der Waals surface area contributed by atoms with Crippen LogP contribution < -0.4 is 5.32 Å². The van der Waals surface area contributed by atoms with E-state index in [1.165, 1.54) is 5.56 Å². The third-order valence-corrected chi connectivity index (χ3v) is 3.24. The topological polar surface area (TPSA) is 25.2 Å². The van der Waals surface area contributed by atoms with Gasteiger partial charge in [0.2, 0.25) is 0 Å². The molecule has 1 N–H and O–H groups in total. The maximum Gasteiger partial charge on any atom is 0.169 e. The lowest BCUT2D eigenvalue weighted by molar-refractivity contribution is 0.479. The fourth-order valence-electron chi connectivity index (χ4n) is 1.32. The molecule has 2 aromatic rings. The number of halogens is 1. The van der Waals surface area contributed by atoms with E-state index in [-0.39, 0.29) is 0 Å². The molecule has 15 heavy (non-hydrogen) atoms. The van der Waals surface area contributed by atoms with Gasteiger partial charge < -0.3 is 9.73 Å². The summed E-state index contributed by atoms with van der Waals surface area (Å²) < 4.78 is 6.20. The lowest BCUT2D eigenvalue weighted by Crippen LogP contribution is -2.15. The van der Waals surface area contributed by atoms with Gasteiger partial charge in [-0.2, -0.15) is 11.3 Å². The van der Waals surface area contributed by atoms with Crippen molar-refractivity contribution in [3.63, 3.8) is 0 Å². The van der Waals surface area contributed by atoms with E-state index in [4.69, 9.17) is 4.42 Å². The van der Waals surface area contributed by atoms with Crippen molar-refractivity contribution in [2.24, 2.45) is 0 Å². The van der Waals surface area contributed by atoms with Crippen molar-refractivity contribution in [3.8, 4) is 0 Å². The van der Waals surface area contributed by atoms with Crippen molar-refractivity contribution in [1.82, 2.24) is 5.32 Å². The molecule has 0 unspecified atom stereocenters. The lowest BCUT2D eigenvalue weighted by Gasteiger charge is -2.00. The first-order valence-corrected chi connectivity index (χ1v) is 6.54. The van der Waals surface area contributed by atoms with Gasteiger partial charge in [0.15, 0.2) is 4.67 Å². The van der Waals surface area contributed by atoms with Crippen LogP contribution in [0.5, 0.6) is 0 Å². The smallest absolute Gasteiger partial charge is 0.169 e. The molecular formula is C11H12BrNOS. The van der Waals surface area contributed by atoms with Gasteiger partial charge in [0, 0.05) is 19.5 Å². The Balaban J connectivity index is 1.67. The number of hydrogen-bond donors (Lipinski definition) is 1. The molecule has 0 saturated carbocycles. The van der Waals surface area contributed by atoms with Crippen LogP contribution in [0, 0.1) is 0 Å². The Bertz CT molecular complexity index is 396. The molecule has 0 aliphatic rings. The van der Waals surface area contributed by atoms with Crippen molar-refractivity contribution in [2.75, 3.05) is 6.54 Å². The van der Waals surface area contributed by atoms with E-state index in [1.54, 1.807) is 11.3 Å². The Kier molecular flexibility index (Phi) is 4.00. The number of thiophene rings is 1. The van der Waals surface area contributed by atoms with Crippen molar-refractivity contribution in [2.45, 2.75) is 13.0 Å². The second-order valence-corrected chi connectivity index (χ2v) is 4.83. The van der Waals surface area contributed by atoms with Crippen LogP contribution in [0.1, 0.15) is 11.3 Å². The highest BCUT2D eigenvalue weighted by molar-refractivity contribution is 9.10. The van der Waals surface area contributed by atoms with Gasteiger partial charge in [-0.3, -0.25) is 0 Å². The molecule has 4 heteroatoms. The molecular weight excluding hydrogens is 274 g/mol. The lowest BCUT2D eigenvalue weighted by atomic mass is 10.3. The Labute approximate surface area is 101 Å². The van der Waals surface area contributed by atoms with Gasteiger partial charge in [0.05, 0.1) is 0 Å². The van der Waals surface area contributed by atoms with Crippen LogP contribution in [0.15, 0.2) is 38.0 Å². The molecule has 0 aliphatic heterocycles. The minimum absolute atomic E-state index is 0.801. The second kappa shape index (κ2) is 5.49. The maximum absolute atomic E-state index is 5.40. The minimum atomic E-state index is 0.801. The summed E-state index contributed by atoms with van der Waals surface area (Å²) in [5.74, 6) is 1.01. The van der Waals surface area contributed by atoms with E-state index in [1.807, 2.05) is 12.1 Å². The third kappa shape index (κ3) is 3.48. The first-order chi connectivity index (χ1) is 7.34. The van der Waals surface area contributed by atoms with Crippen molar-refractivity contribution in [3.05, 3.63) is 45.0 Å². The summed E-state index contributed by atoms with van der Waals surface area (Å²) in [5.41, 5.74) is 1.35. The molecule has 0 fully saturated rings. The zero-order valence-electron chi connectivity index (χ0n) is 8.20. The summed E-state index contributed by atoms with van der Waals surface area (Å²) in [4.78, 5) is 0. The predicted octanol–water partition coefficient (Wildman–Crippen LogP) is 3.44. The molecule has 2 nitrogen and oxygen atoms in total. The molecule has 2 heterocycles. The van der Waals surface area contributed by atoms with Crippen molar-refractivity contribution < 1.29 is 4.42 Å². The van der Waals surface area contributed by atoms with Crippen LogP contribution in [0.25, 0.3) is 0 Å². The number of rotatable bonds is 5. The molecule has 0 atom stereocenters. The molecule has 0 saturated heterocycles. The van der Waals surface area contributed by atoms with Gasteiger partial charge in [0.1, 0.15) is 5.76 Å². The van der Waals surface area contributed by atoms with Crippen LogP contribution in [-0.4, -0.2) is 6.54 Å². The number of furan rings is 1. The Morgan fingerprint density at radius 1 is 1.33 bits per heavy atom. The fourth-order valence-corrected chi connectivity index (χ4v) is 2.33. The van der Waals surface area contributed by atoms with Gasteiger partial charge in [0.25, 0.3) is 0 Å². The summed E-state index contributed by atoms with van der Waals surface area (Å²) in [7, 11) is 0. The zero-order chi connectivity index (χ0) is 10.5. The minimum Gasteiger partial charge on any atom is -0.454 e. The third-order valence-electron chi connectivity index (χ3n) is 2.09. The Morgan fingerprint density at radius 3 is 2.93 bits per heavy atom. The summed E-state index contributed by atoms with van der Waals surface area (Å²) in [5, 5.41) is 7.64. The van der Waals surface area contributed by atoms with Crippen molar-refractivity contribution >= 4 is 27.3 Å². The predicted molar refractivity (Wildman–Crippen MR) is 66.1 cm³/mol. The summed E-state index contributed by atoms with van der Waals surface area (Å²) in [6, 6.07) is 6.06. The standard InChI is InChI=1S/C11H12BrNOS/c12-11-2-1-10(14-11)3-5-13-7-9-4-6-15-8-9/h1-2,4,6,8,13H,3,5,7H2. The highest BCUT2D eigenvalue weighted by atomic mass is 79.9. The average Bonchev–Trinajstić information content (AvgIpc) is 2.84. The van der Waals surface area contributed by atoms with Gasteiger partial charge in [-0.25, -0.2) is 0 Å². The molecule has 0 spiro atoms. The summed E-state index contributed by atoms with van der Waals surface area (Å²) in [6.07, 6.45) is 0.926. The molecule has 80 valence electrons. The van der Waals surface area contributed by atoms with E-state index in [9.17, 15) is 0 Å². The Hall–Kier alpha value is -0.580. The molecule has 0 amide bonds. The number of hydrogen-bond acceptors (Lipinski definition) is 3. The van der Waals surface area contributed by atoms with E-state index < -0.39 is 0 Å². The quantitative estimate of drug-likeness (QED) is 0.852. The molecule has 0 bridgehead atoms. The van der Waals surface area contributed by atoms with Crippen LogP contribution in [0.3, 0.4) is 0 Å². The van der Waals surface area contributed by atoms with Crippen molar-refractivity contribution in [1.29, 1.82) is 0 Å². The number of nitrogens with one attached hydrogen (secondary N) is 1. The molecule has 0 aromatic carbocycles. The highest BCUT2D eigenvalue weighted by Crippen LogP contribution is 2.14. The van der Waals surface area contributed by atoms with Crippen LogP contribution in [0.2, 0.25) is 0 Å². The molecule has 0 aliphatic carbocycles. The summed E-state index contributed by atoms with van der Waals surface area (Å²) >= 11 is 5.02. The van der Waals surface area contributed by atoms with Gasteiger partial charge in [-0.05, 0) is 50.5 Å². The SMILES string of the molecule is Brc1ccc(CCNCc2ccsc2)o1. The van der Waals surface area contributed by atoms with Gasteiger partial charge in [-0.15, -0.1) is 0 Å². The molecule has 0 radical (unpaired) electrons. The normalized spacial score (nSPS) is 10.7. The second-order valence-electron chi connectivity index (χ2n) is 3.26. The van der Waals surface area contributed by atoms with E-state index in [0.29, 0.717) is 0 Å². The Morgan fingerprint density at radius 2 is 2.27 bits per heavy atom. The van der Waals surface area contributed by atoms with E-state index in [0.717, 1.165) is 29.9 Å². The molecule has 2 aromatic heterocycles. The van der Waals surface area contributed by atoms with Crippen LogP contribution in [-0.2, 0) is 13.0 Å². The highest BCUT2D eigenvalue weighted by Gasteiger charge is 1.98. The van der Waals surface area contributed by atoms with Gasteiger partial charge in [-0.1, -0.05) is 0 Å². The summed E-state index contributed by atoms with van der Waals surface area (Å²) in [6.45, 7) is 1.88. The van der Waals surface area contributed by atoms with E-state index in [2.05, 4.69) is 38.1 Å². The largest absolute Gasteiger partial charge is 0.454 e. The van der Waals surface area contributed by atoms with Crippen LogP contribution in [0.4, 0.5) is 0 Å².